The van der Waals surface area contributed by atoms with Gasteiger partial charge in [-0.3, -0.25) is 4.79 Å². The van der Waals surface area contributed by atoms with E-state index in [0.717, 1.165) is 19.3 Å². The Kier molecular flexibility index (Phi) is 3.65. The van der Waals surface area contributed by atoms with E-state index in [1.807, 2.05) is 6.92 Å². The maximum Gasteiger partial charge on any atom is 0.336 e. The lowest BCUT2D eigenvalue weighted by Gasteiger charge is -2.33. The fourth-order valence-electron chi connectivity index (χ4n) is 2.41. The van der Waals surface area contributed by atoms with Crippen molar-refractivity contribution in [2.45, 2.75) is 32.2 Å². The molecule has 2 rings (SSSR count). The van der Waals surface area contributed by atoms with Gasteiger partial charge in [0.25, 0.3) is 5.91 Å². The molecule has 1 N–H and O–H groups in total. The smallest absolute Gasteiger partial charge is 0.336 e. The number of carboxylic acid groups (broad SMARTS) is 1. The number of piperidine rings is 1. The van der Waals surface area contributed by atoms with Crippen molar-refractivity contribution in [3.05, 3.63) is 35.4 Å². The molecule has 0 aliphatic carbocycles. The SMILES string of the molecule is CC1CCCCN1C(=O)c1ccccc1C(=O)O. The highest BCUT2D eigenvalue weighted by Crippen LogP contribution is 2.20. The summed E-state index contributed by atoms with van der Waals surface area (Å²) in [5.41, 5.74) is 0.374. The molecule has 1 aliphatic rings. The minimum absolute atomic E-state index is 0.0836. The van der Waals surface area contributed by atoms with Gasteiger partial charge in [-0.1, -0.05) is 12.1 Å². The first kappa shape index (κ1) is 12.6. The van der Waals surface area contributed by atoms with Gasteiger partial charge < -0.3 is 10.0 Å². The third-order valence-corrected chi connectivity index (χ3v) is 3.45. The van der Waals surface area contributed by atoms with Crippen LogP contribution in [0.25, 0.3) is 0 Å². The second-order valence-corrected chi connectivity index (χ2v) is 4.69. The van der Waals surface area contributed by atoms with E-state index < -0.39 is 5.97 Å². The molecule has 0 aromatic heterocycles. The molecule has 18 heavy (non-hydrogen) atoms. The molecule has 1 aromatic rings. The summed E-state index contributed by atoms with van der Waals surface area (Å²) >= 11 is 0. The number of likely N-dealkylation sites (tertiary alicyclic amines) is 1. The predicted octanol–water partition coefficient (Wildman–Crippen LogP) is 2.40. The minimum Gasteiger partial charge on any atom is -0.478 e. The van der Waals surface area contributed by atoms with Gasteiger partial charge in [0.1, 0.15) is 0 Å². The first-order valence-corrected chi connectivity index (χ1v) is 6.24. The molecule has 1 atom stereocenters. The van der Waals surface area contributed by atoms with Crippen LogP contribution in [0.1, 0.15) is 46.9 Å². The van der Waals surface area contributed by atoms with E-state index in [1.54, 1.807) is 23.1 Å². The average Bonchev–Trinajstić information content (AvgIpc) is 2.38. The molecule has 0 bridgehead atoms. The van der Waals surface area contributed by atoms with Gasteiger partial charge in [0.15, 0.2) is 0 Å². The Bertz CT molecular complexity index is 470. The summed E-state index contributed by atoms with van der Waals surface area (Å²) in [6.45, 7) is 2.73. The molecule has 4 heteroatoms. The Labute approximate surface area is 106 Å². The number of aromatic carboxylic acids is 1. The lowest BCUT2D eigenvalue weighted by Crippen LogP contribution is -2.42. The number of carboxylic acids is 1. The van der Waals surface area contributed by atoms with Gasteiger partial charge in [0, 0.05) is 12.6 Å². The van der Waals surface area contributed by atoms with E-state index in [2.05, 4.69) is 0 Å². The normalized spacial score (nSPS) is 19.6. The number of carbonyl (C=O) groups is 2. The largest absolute Gasteiger partial charge is 0.478 e. The molecule has 0 saturated carbocycles. The second-order valence-electron chi connectivity index (χ2n) is 4.69. The Balaban J connectivity index is 2.30. The molecular formula is C14H17NO3. The number of nitrogens with zero attached hydrogens (tertiary/aromatic N) is 1. The number of hydrogen-bond acceptors (Lipinski definition) is 2. The maximum absolute atomic E-state index is 12.4. The summed E-state index contributed by atoms with van der Waals surface area (Å²) in [5, 5.41) is 9.11. The van der Waals surface area contributed by atoms with Crippen molar-refractivity contribution >= 4 is 11.9 Å². The zero-order valence-electron chi connectivity index (χ0n) is 10.4. The van der Waals surface area contributed by atoms with Crippen LogP contribution in [0.5, 0.6) is 0 Å². The van der Waals surface area contributed by atoms with Crippen LogP contribution in [0, 0.1) is 0 Å². The van der Waals surface area contributed by atoms with Gasteiger partial charge in [-0.05, 0) is 38.3 Å². The molecule has 1 fully saturated rings. The number of benzene rings is 1. The lowest BCUT2D eigenvalue weighted by atomic mass is 10.0. The number of carbonyl (C=O) groups excluding carboxylic acids is 1. The van der Waals surface area contributed by atoms with Crippen LogP contribution in [-0.2, 0) is 0 Å². The highest BCUT2D eigenvalue weighted by atomic mass is 16.4. The molecule has 0 radical (unpaired) electrons. The van der Waals surface area contributed by atoms with Crippen molar-refractivity contribution in [1.29, 1.82) is 0 Å². The quantitative estimate of drug-likeness (QED) is 0.873. The highest BCUT2D eigenvalue weighted by Gasteiger charge is 2.26. The van der Waals surface area contributed by atoms with E-state index in [9.17, 15) is 9.59 Å². The summed E-state index contributed by atoms with van der Waals surface area (Å²) < 4.78 is 0. The Morgan fingerprint density at radius 3 is 2.50 bits per heavy atom. The van der Waals surface area contributed by atoms with Gasteiger partial charge in [-0.15, -0.1) is 0 Å². The average molecular weight is 247 g/mol. The molecule has 1 unspecified atom stereocenters. The molecule has 4 nitrogen and oxygen atoms in total. The Morgan fingerprint density at radius 2 is 1.89 bits per heavy atom. The van der Waals surface area contributed by atoms with Gasteiger partial charge in [-0.2, -0.15) is 0 Å². The summed E-state index contributed by atoms with van der Waals surface area (Å²) in [7, 11) is 0. The maximum atomic E-state index is 12.4. The van der Waals surface area contributed by atoms with E-state index in [4.69, 9.17) is 5.11 Å². The van der Waals surface area contributed by atoms with Gasteiger partial charge in [-0.25, -0.2) is 4.79 Å². The van der Waals surface area contributed by atoms with Crippen LogP contribution in [0.3, 0.4) is 0 Å². The van der Waals surface area contributed by atoms with Crippen LogP contribution in [-0.4, -0.2) is 34.5 Å². The summed E-state index contributed by atoms with van der Waals surface area (Å²) in [6.07, 6.45) is 3.11. The molecule has 96 valence electrons. The first-order valence-electron chi connectivity index (χ1n) is 6.24. The van der Waals surface area contributed by atoms with Gasteiger partial charge >= 0.3 is 5.97 Å². The number of amides is 1. The predicted molar refractivity (Wildman–Crippen MR) is 67.8 cm³/mol. The van der Waals surface area contributed by atoms with E-state index in [1.165, 1.54) is 6.07 Å². The molecular weight excluding hydrogens is 230 g/mol. The van der Waals surface area contributed by atoms with Crippen LogP contribution in [0.15, 0.2) is 24.3 Å². The van der Waals surface area contributed by atoms with Crippen LogP contribution in [0.4, 0.5) is 0 Å². The highest BCUT2D eigenvalue weighted by molar-refractivity contribution is 6.04. The second kappa shape index (κ2) is 5.21. The molecule has 1 aliphatic heterocycles. The van der Waals surface area contributed by atoms with E-state index >= 15 is 0 Å². The molecule has 1 saturated heterocycles. The Morgan fingerprint density at radius 1 is 1.22 bits per heavy atom. The fourth-order valence-corrected chi connectivity index (χ4v) is 2.41. The minimum atomic E-state index is -1.05. The van der Waals surface area contributed by atoms with Crippen molar-refractivity contribution < 1.29 is 14.7 Å². The van der Waals surface area contributed by atoms with Crippen molar-refractivity contribution in [2.75, 3.05) is 6.54 Å². The zero-order chi connectivity index (χ0) is 13.1. The van der Waals surface area contributed by atoms with Crippen molar-refractivity contribution in [3.8, 4) is 0 Å². The van der Waals surface area contributed by atoms with Crippen LogP contribution < -0.4 is 0 Å². The molecule has 1 heterocycles. The third kappa shape index (κ3) is 2.37. The van der Waals surface area contributed by atoms with E-state index in [-0.39, 0.29) is 17.5 Å². The van der Waals surface area contributed by atoms with Crippen molar-refractivity contribution in [2.24, 2.45) is 0 Å². The van der Waals surface area contributed by atoms with E-state index in [0.29, 0.717) is 12.1 Å². The molecule has 1 aromatic carbocycles. The summed E-state index contributed by atoms with van der Waals surface area (Å²) in [6, 6.07) is 6.60. The molecule has 0 spiro atoms. The zero-order valence-corrected chi connectivity index (χ0v) is 10.4. The molecule has 1 amide bonds. The fraction of sp³-hybridized carbons (Fsp3) is 0.429. The van der Waals surface area contributed by atoms with Gasteiger partial charge in [0.2, 0.25) is 0 Å². The topological polar surface area (TPSA) is 57.6 Å². The third-order valence-electron chi connectivity index (χ3n) is 3.45. The Hall–Kier alpha value is -1.84. The summed E-state index contributed by atoms with van der Waals surface area (Å²) in [5.74, 6) is -1.22. The van der Waals surface area contributed by atoms with Crippen molar-refractivity contribution in [3.63, 3.8) is 0 Å². The van der Waals surface area contributed by atoms with Crippen molar-refractivity contribution in [1.82, 2.24) is 4.90 Å². The standard InChI is InChI=1S/C14H17NO3/c1-10-6-4-5-9-15(10)13(16)11-7-2-3-8-12(11)14(17)18/h2-3,7-8,10H,4-6,9H2,1H3,(H,17,18). The number of rotatable bonds is 2. The summed E-state index contributed by atoms with van der Waals surface area (Å²) in [4.78, 5) is 25.3. The van der Waals surface area contributed by atoms with Crippen LogP contribution in [0.2, 0.25) is 0 Å². The monoisotopic (exact) mass is 247 g/mol. The first-order chi connectivity index (χ1) is 8.61. The van der Waals surface area contributed by atoms with Gasteiger partial charge in [0.05, 0.1) is 11.1 Å². The van der Waals surface area contributed by atoms with Crippen LogP contribution >= 0.6 is 0 Å². The number of hydrogen-bond donors (Lipinski definition) is 1. The lowest BCUT2D eigenvalue weighted by molar-refractivity contribution is 0.0613.